The molecule has 1 aromatic carbocycles. The van der Waals surface area contributed by atoms with Crippen LogP contribution in [0.3, 0.4) is 0 Å². The summed E-state index contributed by atoms with van der Waals surface area (Å²) in [6.07, 6.45) is 6.51. The van der Waals surface area contributed by atoms with Crippen LogP contribution in [0.5, 0.6) is 0 Å². The van der Waals surface area contributed by atoms with Gasteiger partial charge < -0.3 is 9.84 Å². The average Bonchev–Trinajstić information content (AvgIpc) is 2.62. The van der Waals surface area contributed by atoms with E-state index in [1.807, 2.05) is 6.07 Å². The zero-order valence-electron chi connectivity index (χ0n) is 14.5. The molecule has 0 amide bonds. The Bertz CT molecular complexity index is 540. The topological polar surface area (TPSA) is 63.6 Å². The Balaban J connectivity index is 2.03. The molecule has 4 heteroatoms. The maximum absolute atomic E-state index is 12.8. The Labute approximate surface area is 144 Å². The van der Waals surface area contributed by atoms with Gasteiger partial charge in [-0.15, -0.1) is 0 Å². The molecule has 0 heterocycles. The first-order valence-corrected chi connectivity index (χ1v) is 9.08. The second kappa shape index (κ2) is 8.97. The molecule has 1 fully saturated rings. The van der Waals surface area contributed by atoms with Crippen molar-refractivity contribution in [2.24, 2.45) is 5.92 Å². The summed E-state index contributed by atoms with van der Waals surface area (Å²) in [6, 6.07) is 8.72. The minimum absolute atomic E-state index is 0.316. The van der Waals surface area contributed by atoms with Crippen molar-refractivity contribution in [2.75, 3.05) is 6.61 Å². The molecular weight excluding hydrogens is 304 g/mol. The Kier molecular flexibility index (Phi) is 6.98. The molecule has 0 spiro atoms. The fraction of sp³-hybridized carbons (Fsp3) is 0.600. The summed E-state index contributed by atoms with van der Waals surface area (Å²) >= 11 is 0. The van der Waals surface area contributed by atoms with Crippen molar-refractivity contribution >= 4 is 11.8 Å². The van der Waals surface area contributed by atoms with Crippen LogP contribution in [0.1, 0.15) is 68.6 Å². The standard InChI is InChI=1S/C20H28O4/c1-2-3-4-10-15-24-19(22)17-13-8-9-14-20(17,23)18(21)16-11-6-5-7-12-16/h5-7,11-12,17,23H,2-4,8-10,13-15H2,1H3/t17-,20-/m1/s1. The Hall–Kier alpha value is -1.68. The molecule has 0 radical (unpaired) electrons. The lowest BCUT2D eigenvalue weighted by Crippen LogP contribution is -2.51. The predicted molar refractivity (Wildman–Crippen MR) is 92.8 cm³/mol. The fourth-order valence-corrected chi connectivity index (χ4v) is 3.38. The zero-order chi connectivity index (χ0) is 17.4. The van der Waals surface area contributed by atoms with Crippen LogP contribution < -0.4 is 0 Å². The number of hydrogen-bond acceptors (Lipinski definition) is 4. The van der Waals surface area contributed by atoms with Gasteiger partial charge in [-0.25, -0.2) is 0 Å². The number of aliphatic hydroxyl groups is 1. The largest absolute Gasteiger partial charge is 0.465 e. The van der Waals surface area contributed by atoms with Crippen LogP contribution in [0.25, 0.3) is 0 Å². The van der Waals surface area contributed by atoms with Gasteiger partial charge in [0.15, 0.2) is 5.78 Å². The second-order valence-electron chi connectivity index (χ2n) is 6.65. The van der Waals surface area contributed by atoms with E-state index < -0.39 is 17.5 Å². The van der Waals surface area contributed by atoms with Gasteiger partial charge in [0, 0.05) is 5.56 Å². The van der Waals surface area contributed by atoms with Crippen LogP contribution in [-0.4, -0.2) is 29.1 Å². The van der Waals surface area contributed by atoms with Crippen LogP contribution in [0.2, 0.25) is 0 Å². The third-order valence-corrected chi connectivity index (χ3v) is 4.83. The van der Waals surface area contributed by atoms with Crippen molar-refractivity contribution in [3.63, 3.8) is 0 Å². The summed E-state index contributed by atoms with van der Waals surface area (Å²) in [5, 5.41) is 11.0. The molecule has 0 aromatic heterocycles. The number of hydrogen-bond donors (Lipinski definition) is 1. The third-order valence-electron chi connectivity index (χ3n) is 4.83. The van der Waals surface area contributed by atoms with Gasteiger partial charge in [-0.3, -0.25) is 9.59 Å². The van der Waals surface area contributed by atoms with Crippen LogP contribution in [-0.2, 0) is 9.53 Å². The third kappa shape index (κ3) is 4.44. The number of esters is 1. The molecule has 2 atom stereocenters. The highest BCUT2D eigenvalue weighted by molar-refractivity contribution is 6.04. The molecule has 1 aliphatic rings. The molecule has 0 aliphatic heterocycles. The minimum atomic E-state index is -1.64. The van der Waals surface area contributed by atoms with Crippen LogP contribution in [0.4, 0.5) is 0 Å². The van der Waals surface area contributed by atoms with E-state index in [-0.39, 0.29) is 5.78 Å². The lowest BCUT2D eigenvalue weighted by Gasteiger charge is -2.37. The molecular formula is C20H28O4. The van der Waals surface area contributed by atoms with E-state index in [1.54, 1.807) is 24.3 Å². The average molecular weight is 332 g/mol. The van der Waals surface area contributed by atoms with Crippen molar-refractivity contribution in [1.82, 2.24) is 0 Å². The van der Waals surface area contributed by atoms with E-state index in [0.717, 1.165) is 38.5 Å². The monoisotopic (exact) mass is 332 g/mol. The van der Waals surface area contributed by atoms with E-state index in [9.17, 15) is 14.7 Å². The number of rotatable bonds is 8. The normalized spacial score (nSPS) is 23.7. The van der Waals surface area contributed by atoms with Crippen molar-refractivity contribution in [3.05, 3.63) is 35.9 Å². The highest BCUT2D eigenvalue weighted by Crippen LogP contribution is 2.37. The minimum Gasteiger partial charge on any atom is -0.465 e. The second-order valence-corrected chi connectivity index (χ2v) is 6.65. The quantitative estimate of drug-likeness (QED) is 0.445. The Morgan fingerprint density at radius 2 is 1.92 bits per heavy atom. The highest BCUT2D eigenvalue weighted by atomic mass is 16.5. The van der Waals surface area contributed by atoms with E-state index in [4.69, 9.17) is 4.74 Å². The molecule has 132 valence electrons. The molecule has 4 nitrogen and oxygen atoms in total. The number of unbranched alkanes of at least 4 members (excludes halogenated alkanes) is 3. The molecule has 2 rings (SSSR count). The molecule has 1 N–H and O–H groups in total. The van der Waals surface area contributed by atoms with E-state index in [1.165, 1.54) is 0 Å². The Morgan fingerprint density at radius 1 is 1.17 bits per heavy atom. The van der Waals surface area contributed by atoms with Crippen molar-refractivity contribution in [1.29, 1.82) is 0 Å². The molecule has 0 saturated heterocycles. The number of Topliss-reactive ketones (excluding diaryl/α,β-unsaturated/α-hetero) is 1. The van der Waals surface area contributed by atoms with E-state index in [0.29, 0.717) is 25.0 Å². The van der Waals surface area contributed by atoms with Crippen molar-refractivity contribution < 1.29 is 19.4 Å². The molecule has 1 aliphatic carbocycles. The summed E-state index contributed by atoms with van der Waals surface area (Å²) < 4.78 is 5.36. The van der Waals surface area contributed by atoms with E-state index in [2.05, 4.69) is 6.92 Å². The summed E-state index contributed by atoms with van der Waals surface area (Å²) in [6.45, 7) is 2.49. The summed E-state index contributed by atoms with van der Waals surface area (Å²) in [5.74, 6) is -1.56. The SMILES string of the molecule is CCCCCCOC(=O)[C@H]1CCCC[C@]1(O)C(=O)c1ccccc1. The van der Waals surface area contributed by atoms with E-state index >= 15 is 0 Å². The first-order valence-electron chi connectivity index (χ1n) is 9.08. The van der Waals surface area contributed by atoms with Crippen molar-refractivity contribution in [2.45, 2.75) is 63.9 Å². The van der Waals surface area contributed by atoms with Crippen molar-refractivity contribution in [3.8, 4) is 0 Å². The molecule has 0 unspecified atom stereocenters. The van der Waals surface area contributed by atoms with Gasteiger partial charge in [0.25, 0.3) is 0 Å². The van der Waals surface area contributed by atoms with Gasteiger partial charge in [0.1, 0.15) is 5.60 Å². The van der Waals surface area contributed by atoms with Crippen LogP contribution in [0.15, 0.2) is 30.3 Å². The molecule has 0 bridgehead atoms. The first kappa shape index (κ1) is 18.7. The smallest absolute Gasteiger partial charge is 0.312 e. The van der Waals surface area contributed by atoms with Gasteiger partial charge in [-0.1, -0.05) is 69.4 Å². The lowest BCUT2D eigenvalue weighted by atomic mass is 9.71. The number of ether oxygens (including phenoxy) is 1. The zero-order valence-corrected chi connectivity index (χ0v) is 14.5. The molecule has 1 saturated carbocycles. The molecule has 24 heavy (non-hydrogen) atoms. The predicted octanol–water partition coefficient (Wildman–Crippen LogP) is 3.91. The van der Waals surface area contributed by atoms with Crippen LogP contribution >= 0.6 is 0 Å². The number of benzene rings is 1. The summed E-state index contributed by atoms with van der Waals surface area (Å²) in [5.41, 5.74) is -1.19. The Morgan fingerprint density at radius 3 is 2.62 bits per heavy atom. The lowest BCUT2D eigenvalue weighted by molar-refractivity contribution is -0.158. The van der Waals surface area contributed by atoms with Gasteiger partial charge in [0.2, 0.25) is 0 Å². The van der Waals surface area contributed by atoms with Crippen LogP contribution in [0, 0.1) is 5.92 Å². The summed E-state index contributed by atoms with van der Waals surface area (Å²) in [4.78, 5) is 25.2. The maximum Gasteiger partial charge on any atom is 0.312 e. The summed E-state index contributed by atoms with van der Waals surface area (Å²) in [7, 11) is 0. The van der Waals surface area contributed by atoms with Gasteiger partial charge in [-0.05, 0) is 19.3 Å². The first-order chi connectivity index (χ1) is 11.6. The van der Waals surface area contributed by atoms with Gasteiger partial charge in [0.05, 0.1) is 12.5 Å². The number of carbonyl (C=O) groups is 2. The number of carbonyl (C=O) groups excluding carboxylic acids is 2. The highest BCUT2D eigenvalue weighted by Gasteiger charge is 2.49. The number of ketones is 1. The van der Waals surface area contributed by atoms with Gasteiger partial charge in [-0.2, -0.15) is 0 Å². The fourth-order valence-electron chi connectivity index (χ4n) is 3.38. The van der Waals surface area contributed by atoms with Gasteiger partial charge >= 0.3 is 5.97 Å². The maximum atomic E-state index is 12.8. The molecule has 1 aromatic rings.